The molecule has 1 atom stereocenters. The number of imidazole rings is 1. The van der Waals surface area contributed by atoms with Gasteiger partial charge in [-0.15, -0.1) is 0 Å². The van der Waals surface area contributed by atoms with E-state index in [0.29, 0.717) is 23.9 Å². The van der Waals surface area contributed by atoms with Gasteiger partial charge in [0.2, 0.25) is 5.91 Å². The first-order valence-corrected chi connectivity index (χ1v) is 8.23. The molecule has 0 aliphatic heterocycles. The van der Waals surface area contributed by atoms with Crippen molar-refractivity contribution >= 4 is 18.0 Å². The third kappa shape index (κ3) is 5.84. The van der Waals surface area contributed by atoms with Crippen molar-refractivity contribution in [1.29, 1.82) is 0 Å². The Kier molecular flexibility index (Phi) is 6.58. The third-order valence-corrected chi connectivity index (χ3v) is 4.10. The van der Waals surface area contributed by atoms with E-state index in [4.69, 9.17) is 0 Å². The minimum Gasteiger partial charge on any atom is -0.480 e. The molecule has 30 heavy (non-hydrogen) atoms. The number of hydrogen-bond acceptors (Lipinski definition) is 3. The smallest absolute Gasteiger partial charge is 0.416 e. The van der Waals surface area contributed by atoms with Gasteiger partial charge in [-0.1, -0.05) is 0 Å². The highest BCUT2D eigenvalue weighted by molar-refractivity contribution is 5.94. The van der Waals surface area contributed by atoms with Gasteiger partial charge < -0.3 is 15.0 Å². The highest BCUT2D eigenvalue weighted by atomic mass is 19.4. The number of amides is 1. The largest absolute Gasteiger partial charge is 0.480 e. The average molecular weight is 435 g/mol. The molecule has 6 nitrogen and oxygen atoms in total. The van der Waals surface area contributed by atoms with Gasteiger partial charge in [0.25, 0.3) is 0 Å². The molecule has 0 aliphatic carbocycles. The Hall–Kier alpha value is -3.31. The van der Waals surface area contributed by atoms with E-state index < -0.39 is 47.0 Å². The molecule has 2 aromatic rings. The first-order valence-electron chi connectivity index (χ1n) is 8.23. The molecule has 0 saturated carbocycles. The zero-order valence-electron chi connectivity index (χ0n) is 15.3. The van der Waals surface area contributed by atoms with E-state index >= 15 is 0 Å². The van der Waals surface area contributed by atoms with Crippen molar-refractivity contribution in [2.24, 2.45) is 0 Å². The molecular formula is C18H15F6N3O3. The number of alkyl halides is 6. The summed E-state index contributed by atoms with van der Waals surface area (Å²) in [5.74, 6) is -2.28. The van der Waals surface area contributed by atoms with Crippen LogP contribution in [0.3, 0.4) is 0 Å². The molecule has 1 heterocycles. The van der Waals surface area contributed by atoms with E-state index in [1.165, 1.54) is 12.5 Å². The van der Waals surface area contributed by atoms with Crippen LogP contribution in [0, 0.1) is 0 Å². The van der Waals surface area contributed by atoms with E-state index in [0.717, 1.165) is 18.0 Å². The van der Waals surface area contributed by atoms with Gasteiger partial charge in [-0.3, -0.25) is 4.79 Å². The summed E-state index contributed by atoms with van der Waals surface area (Å²) in [5.41, 5.74) is -3.15. The molecular weight excluding hydrogens is 420 g/mol. The van der Waals surface area contributed by atoms with Gasteiger partial charge in [-0.05, 0) is 29.8 Å². The summed E-state index contributed by atoms with van der Waals surface area (Å²) in [6, 6.07) is -0.456. The van der Waals surface area contributed by atoms with Crippen LogP contribution in [0.15, 0.2) is 36.8 Å². The van der Waals surface area contributed by atoms with E-state index in [9.17, 15) is 41.0 Å². The second kappa shape index (κ2) is 8.59. The zero-order chi connectivity index (χ0) is 22.7. The van der Waals surface area contributed by atoms with Crippen molar-refractivity contribution in [3.63, 3.8) is 0 Å². The molecule has 0 spiro atoms. The Labute approximate surface area is 165 Å². The van der Waals surface area contributed by atoms with E-state index in [1.807, 2.05) is 0 Å². The number of aliphatic carboxylic acids is 1. The van der Waals surface area contributed by atoms with Gasteiger partial charge in [0, 0.05) is 31.4 Å². The Morgan fingerprint density at radius 2 is 1.70 bits per heavy atom. The number of likely N-dealkylation sites (N-methyl/N-ethyl adjacent to an activating group) is 1. The normalized spacial score (nSPS) is 13.4. The Balaban J connectivity index is 2.28. The number of nitrogens with zero attached hydrogens (tertiary/aromatic N) is 2. The number of benzene rings is 1. The Bertz CT molecular complexity index is 903. The van der Waals surface area contributed by atoms with Crippen molar-refractivity contribution in [1.82, 2.24) is 14.9 Å². The van der Waals surface area contributed by atoms with E-state index in [2.05, 4.69) is 9.97 Å². The van der Waals surface area contributed by atoms with Crippen LogP contribution in [0.4, 0.5) is 26.3 Å². The van der Waals surface area contributed by atoms with Crippen molar-refractivity contribution in [2.75, 3.05) is 7.05 Å². The summed E-state index contributed by atoms with van der Waals surface area (Å²) < 4.78 is 77.4. The molecule has 0 saturated heterocycles. The van der Waals surface area contributed by atoms with Crippen molar-refractivity contribution in [3.8, 4) is 0 Å². The molecule has 0 bridgehead atoms. The third-order valence-electron chi connectivity index (χ3n) is 4.10. The van der Waals surface area contributed by atoms with Gasteiger partial charge in [-0.25, -0.2) is 9.78 Å². The molecule has 162 valence electrons. The summed E-state index contributed by atoms with van der Waals surface area (Å²) >= 11 is 0. The highest BCUT2D eigenvalue weighted by Crippen LogP contribution is 2.36. The topological polar surface area (TPSA) is 86.3 Å². The van der Waals surface area contributed by atoms with Crippen molar-refractivity contribution < 1.29 is 41.0 Å². The summed E-state index contributed by atoms with van der Waals surface area (Å²) in [5, 5.41) is 9.33. The number of carbonyl (C=O) groups excluding carboxylic acids is 1. The maximum absolute atomic E-state index is 12.9. The number of carboxylic acids is 1. The molecule has 0 radical (unpaired) electrons. The number of nitrogens with one attached hydrogen (secondary N) is 1. The number of carbonyl (C=O) groups is 2. The van der Waals surface area contributed by atoms with Gasteiger partial charge in [-0.2, -0.15) is 26.3 Å². The lowest BCUT2D eigenvalue weighted by Crippen LogP contribution is -2.43. The van der Waals surface area contributed by atoms with Gasteiger partial charge in [0.05, 0.1) is 17.5 Å². The molecule has 2 N–H and O–H groups in total. The van der Waals surface area contributed by atoms with Gasteiger partial charge in [0.1, 0.15) is 6.04 Å². The first kappa shape index (κ1) is 23.0. The molecule has 0 aliphatic rings. The molecule has 1 aromatic heterocycles. The number of aromatic nitrogens is 2. The lowest BCUT2D eigenvalue weighted by molar-refractivity contribution is -0.147. The molecule has 12 heteroatoms. The quantitative estimate of drug-likeness (QED) is 0.536. The molecule has 2 rings (SSSR count). The zero-order valence-corrected chi connectivity index (χ0v) is 15.3. The lowest BCUT2D eigenvalue weighted by atomic mass is 10.0. The second-order valence-electron chi connectivity index (χ2n) is 6.26. The number of H-pyrrole nitrogens is 1. The number of halogens is 6. The van der Waals surface area contributed by atoms with Crippen molar-refractivity contribution in [3.05, 3.63) is 59.2 Å². The van der Waals surface area contributed by atoms with E-state index in [-0.39, 0.29) is 12.5 Å². The minimum absolute atomic E-state index is 0.0316. The summed E-state index contributed by atoms with van der Waals surface area (Å²) in [6.45, 7) is 0. The molecule has 1 aromatic carbocycles. The predicted octanol–water partition coefficient (Wildman–Crippen LogP) is 3.61. The number of carboxylic acid groups (broad SMARTS) is 1. The van der Waals surface area contributed by atoms with Crippen LogP contribution in [0.25, 0.3) is 6.08 Å². The average Bonchev–Trinajstić information content (AvgIpc) is 3.15. The Morgan fingerprint density at radius 3 is 2.13 bits per heavy atom. The maximum atomic E-state index is 12.9. The molecule has 1 amide bonds. The minimum atomic E-state index is -5.02. The maximum Gasteiger partial charge on any atom is 0.416 e. The van der Waals surface area contributed by atoms with E-state index in [1.54, 1.807) is 0 Å². The number of hydrogen-bond donors (Lipinski definition) is 2. The van der Waals surface area contributed by atoms with Crippen LogP contribution in [0.5, 0.6) is 0 Å². The van der Waals surface area contributed by atoms with Crippen LogP contribution >= 0.6 is 0 Å². The number of rotatable bonds is 6. The predicted molar refractivity (Wildman–Crippen MR) is 92.0 cm³/mol. The van der Waals surface area contributed by atoms with Crippen LogP contribution in [-0.2, 0) is 28.4 Å². The van der Waals surface area contributed by atoms with Gasteiger partial charge in [0.15, 0.2) is 0 Å². The SMILES string of the molecule is CN(C(=O)C=Cc1cc(C(F)(F)F)cc(C(F)(F)F)c1)[C@@H](Cc1cnc[nH]1)C(=O)O. The van der Waals surface area contributed by atoms with Crippen molar-refractivity contribution in [2.45, 2.75) is 24.8 Å². The fraction of sp³-hybridized carbons (Fsp3) is 0.278. The van der Waals surface area contributed by atoms with Crippen LogP contribution in [0.1, 0.15) is 22.4 Å². The highest BCUT2D eigenvalue weighted by Gasteiger charge is 2.36. The summed E-state index contributed by atoms with van der Waals surface area (Å²) in [7, 11) is 1.15. The Morgan fingerprint density at radius 1 is 1.13 bits per heavy atom. The van der Waals surface area contributed by atoms with Crippen LogP contribution < -0.4 is 0 Å². The second-order valence-corrected chi connectivity index (χ2v) is 6.26. The fourth-order valence-electron chi connectivity index (χ4n) is 2.51. The first-order chi connectivity index (χ1) is 13.8. The monoisotopic (exact) mass is 435 g/mol. The lowest BCUT2D eigenvalue weighted by Gasteiger charge is -2.23. The van der Waals surface area contributed by atoms with Crippen LogP contribution in [0.2, 0.25) is 0 Å². The number of aromatic amines is 1. The summed E-state index contributed by atoms with van der Waals surface area (Å²) in [6.07, 6.45) is -6.05. The van der Waals surface area contributed by atoms with Crippen LogP contribution in [-0.4, -0.2) is 44.9 Å². The standard InChI is InChI=1S/C18H15F6N3O3/c1-27(14(16(29)30)7-13-8-25-9-26-13)15(28)3-2-10-4-11(17(19,20)21)6-12(5-10)18(22,23)24/h2-6,8-9,14H,7H2,1H3,(H,25,26)(H,29,30)/t14-/m0/s1. The molecule has 0 fully saturated rings. The van der Waals surface area contributed by atoms with Gasteiger partial charge >= 0.3 is 18.3 Å². The summed E-state index contributed by atoms with van der Waals surface area (Å²) in [4.78, 5) is 30.9. The molecule has 0 unspecified atom stereocenters. The fourth-order valence-corrected chi connectivity index (χ4v) is 2.51.